The lowest BCUT2D eigenvalue weighted by molar-refractivity contribution is -0.274. The van der Waals surface area contributed by atoms with Crippen molar-refractivity contribution in [3.63, 3.8) is 0 Å². The van der Waals surface area contributed by atoms with Crippen LogP contribution >= 0.6 is 11.6 Å². The molecule has 0 saturated carbocycles. The molecule has 3 aromatic rings. The van der Waals surface area contributed by atoms with Gasteiger partial charge >= 0.3 is 6.36 Å². The van der Waals surface area contributed by atoms with Crippen LogP contribution in [-0.2, 0) is 6.54 Å². The van der Waals surface area contributed by atoms with Crippen LogP contribution < -0.4 is 20.3 Å². The monoisotopic (exact) mass is 439 g/mol. The van der Waals surface area contributed by atoms with Crippen LogP contribution in [-0.4, -0.2) is 23.0 Å². The summed E-state index contributed by atoms with van der Waals surface area (Å²) in [5.74, 6) is -0.0996. The molecular weight excluding hydrogens is 423 g/mol. The van der Waals surface area contributed by atoms with Gasteiger partial charge < -0.3 is 14.8 Å². The Hall–Kier alpha value is -3.20. The molecule has 0 fully saturated rings. The predicted octanol–water partition coefficient (Wildman–Crippen LogP) is 4.90. The fraction of sp³-hybridized carbons (Fsp3) is 0.200. The third kappa shape index (κ3) is 5.04. The third-order valence-corrected chi connectivity index (χ3v) is 4.66. The van der Waals surface area contributed by atoms with Crippen molar-refractivity contribution in [2.45, 2.75) is 19.8 Å². The van der Waals surface area contributed by atoms with Crippen molar-refractivity contribution in [3.05, 3.63) is 75.2 Å². The average molecular weight is 440 g/mol. The number of hydrogen-bond donors (Lipinski definition) is 1. The summed E-state index contributed by atoms with van der Waals surface area (Å²) in [5, 5.41) is 3.62. The molecule has 30 heavy (non-hydrogen) atoms. The van der Waals surface area contributed by atoms with E-state index in [1.54, 1.807) is 18.2 Å². The van der Waals surface area contributed by atoms with Crippen molar-refractivity contribution < 1.29 is 22.6 Å². The first kappa shape index (κ1) is 21.5. The summed E-state index contributed by atoms with van der Waals surface area (Å²) in [6.07, 6.45) is -3.48. The van der Waals surface area contributed by atoms with Crippen molar-refractivity contribution in [3.8, 4) is 11.5 Å². The highest BCUT2D eigenvalue weighted by Gasteiger charge is 2.31. The number of ether oxygens (including phenoxy) is 2. The minimum atomic E-state index is -4.78. The van der Waals surface area contributed by atoms with E-state index in [1.165, 1.54) is 42.1 Å². The van der Waals surface area contributed by atoms with Gasteiger partial charge in [0.1, 0.15) is 5.75 Å². The largest absolute Gasteiger partial charge is 0.573 e. The van der Waals surface area contributed by atoms with Crippen molar-refractivity contribution in [2.75, 3.05) is 12.4 Å². The van der Waals surface area contributed by atoms with Gasteiger partial charge in [0.15, 0.2) is 0 Å². The van der Waals surface area contributed by atoms with Gasteiger partial charge in [0, 0.05) is 10.7 Å². The van der Waals surface area contributed by atoms with E-state index in [-0.39, 0.29) is 24.0 Å². The Bertz CT molecular complexity index is 1100. The highest BCUT2D eigenvalue weighted by atomic mass is 35.5. The summed E-state index contributed by atoms with van der Waals surface area (Å²) in [6.45, 7) is 1.85. The van der Waals surface area contributed by atoms with E-state index in [0.29, 0.717) is 16.3 Å². The van der Waals surface area contributed by atoms with E-state index in [9.17, 15) is 18.0 Å². The van der Waals surface area contributed by atoms with Crippen LogP contribution in [0.5, 0.6) is 11.5 Å². The van der Waals surface area contributed by atoms with Gasteiger partial charge in [-0.3, -0.25) is 9.36 Å². The molecule has 1 heterocycles. The molecule has 0 spiro atoms. The number of hydrogen-bond acceptors (Lipinski definition) is 5. The van der Waals surface area contributed by atoms with Gasteiger partial charge in [0.25, 0.3) is 5.56 Å². The highest BCUT2D eigenvalue weighted by molar-refractivity contribution is 6.31. The Kier molecular flexibility index (Phi) is 6.21. The molecule has 0 aliphatic rings. The fourth-order valence-corrected chi connectivity index (χ4v) is 2.88. The molecule has 10 heteroatoms. The van der Waals surface area contributed by atoms with E-state index in [0.717, 1.165) is 5.56 Å². The van der Waals surface area contributed by atoms with Crippen molar-refractivity contribution in [2.24, 2.45) is 0 Å². The molecule has 1 aromatic heterocycles. The zero-order valence-corrected chi connectivity index (χ0v) is 16.7. The SMILES string of the molecule is COc1cnc(Nc2cccc(Cl)c2C)n(Cc2ccc(OC(F)(F)F)cc2)c1=O. The van der Waals surface area contributed by atoms with Gasteiger partial charge in [-0.2, -0.15) is 0 Å². The summed E-state index contributed by atoms with van der Waals surface area (Å²) in [4.78, 5) is 17.0. The molecule has 3 rings (SSSR count). The molecule has 2 aromatic carbocycles. The molecule has 0 bridgehead atoms. The lowest BCUT2D eigenvalue weighted by atomic mass is 10.2. The molecule has 0 amide bonds. The first-order valence-corrected chi connectivity index (χ1v) is 9.06. The Balaban J connectivity index is 1.94. The maximum atomic E-state index is 12.8. The van der Waals surface area contributed by atoms with Gasteiger partial charge in [-0.25, -0.2) is 4.98 Å². The van der Waals surface area contributed by atoms with E-state index in [2.05, 4.69) is 15.0 Å². The molecule has 0 aliphatic heterocycles. The molecule has 0 radical (unpaired) electrons. The molecule has 0 aliphatic carbocycles. The topological polar surface area (TPSA) is 65.4 Å². The first-order valence-electron chi connectivity index (χ1n) is 8.68. The number of nitrogens with zero attached hydrogens (tertiary/aromatic N) is 2. The standard InChI is InChI=1S/C20H17ClF3N3O3/c1-12-15(21)4-3-5-16(12)26-19-25-10-17(29-2)18(28)27(19)11-13-6-8-14(9-7-13)30-20(22,23)24/h3-10H,11H2,1-2H3,(H,25,26). The van der Waals surface area contributed by atoms with Crippen molar-refractivity contribution in [1.29, 1.82) is 0 Å². The van der Waals surface area contributed by atoms with E-state index in [1.807, 2.05) is 6.92 Å². The second kappa shape index (κ2) is 8.66. The smallest absolute Gasteiger partial charge is 0.490 e. The zero-order chi connectivity index (χ0) is 21.9. The lowest BCUT2D eigenvalue weighted by Gasteiger charge is -2.16. The van der Waals surface area contributed by atoms with Crippen molar-refractivity contribution >= 4 is 23.2 Å². The molecule has 1 N–H and O–H groups in total. The molecular formula is C20H17ClF3N3O3. The molecule has 158 valence electrons. The van der Waals surface area contributed by atoms with E-state index >= 15 is 0 Å². The van der Waals surface area contributed by atoms with E-state index < -0.39 is 11.9 Å². The highest BCUT2D eigenvalue weighted by Crippen LogP contribution is 2.26. The van der Waals surface area contributed by atoms with Crippen LogP contribution in [0.3, 0.4) is 0 Å². The Labute approximate surface area is 174 Å². The average Bonchev–Trinajstić information content (AvgIpc) is 2.68. The lowest BCUT2D eigenvalue weighted by Crippen LogP contribution is -2.25. The fourth-order valence-electron chi connectivity index (χ4n) is 2.70. The maximum absolute atomic E-state index is 12.8. The number of rotatable bonds is 6. The summed E-state index contributed by atoms with van der Waals surface area (Å²) >= 11 is 6.15. The van der Waals surface area contributed by atoms with Crippen molar-refractivity contribution in [1.82, 2.24) is 9.55 Å². The van der Waals surface area contributed by atoms with Gasteiger partial charge in [0.05, 0.1) is 19.9 Å². The van der Waals surface area contributed by atoms with Crippen LogP contribution in [0.15, 0.2) is 53.5 Å². The normalized spacial score (nSPS) is 11.3. The number of benzene rings is 2. The molecule has 0 unspecified atom stereocenters. The molecule has 6 nitrogen and oxygen atoms in total. The first-order chi connectivity index (χ1) is 14.2. The third-order valence-electron chi connectivity index (χ3n) is 4.25. The van der Waals surface area contributed by atoms with E-state index in [4.69, 9.17) is 16.3 Å². The van der Waals surface area contributed by atoms with Crippen LogP contribution in [0, 0.1) is 6.92 Å². The minimum Gasteiger partial charge on any atom is -0.490 e. The van der Waals surface area contributed by atoms with Gasteiger partial charge in [0.2, 0.25) is 11.7 Å². The second-order valence-corrected chi connectivity index (χ2v) is 6.68. The van der Waals surface area contributed by atoms with Crippen LogP contribution in [0.4, 0.5) is 24.8 Å². The summed E-state index contributed by atoms with van der Waals surface area (Å²) < 4.78 is 47.3. The minimum absolute atomic E-state index is 0.0281. The van der Waals surface area contributed by atoms with Crippen LogP contribution in [0.1, 0.15) is 11.1 Å². The number of aromatic nitrogens is 2. The second-order valence-electron chi connectivity index (χ2n) is 6.27. The Morgan fingerprint density at radius 3 is 2.50 bits per heavy atom. The number of anilines is 2. The quantitative estimate of drug-likeness (QED) is 0.591. The maximum Gasteiger partial charge on any atom is 0.573 e. The van der Waals surface area contributed by atoms with Crippen LogP contribution in [0.25, 0.3) is 0 Å². The predicted molar refractivity (Wildman–Crippen MR) is 107 cm³/mol. The van der Waals surface area contributed by atoms with Gasteiger partial charge in [-0.1, -0.05) is 29.8 Å². The summed E-state index contributed by atoms with van der Waals surface area (Å²) in [7, 11) is 1.35. The van der Waals surface area contributed by atoms with Gasteiger partial charge in [-0.05, 0) is 42.3 Å². The van der Waals surface area contributed by atoms with Crippen LogP contribution in [0.2, 0.25) is 5.02 Å². The summed E-state index contributed by atoms with van der Waals surface area (Å²) in [5.41, 5.74) is 1.53. The number of nitrogens with one attached hydrogen (secondary N) is 1. The Morgan fingerprint density at radius 2 is 1.87 bits per heavy atom. The number of methoxy groups -OCH3 is 1. The zero-order valence-electron chi connectivity index (χ0n) is 16.0. The molecule has 0 atom stereocenters. The van der Waals surface area contributed by atoms with Gasteiger partial charge in [-0.15, -0.1) is 13.2 Å². The summed E-state index contributed by atoms with van der Waals surface area (Å²) in [6, 6.07) is 10.5. The number of alkyl halides is 3. The Morgan fingerprint density at radius 1 is 1.17 bits per heavy atom. The number of halogens is 4. The molecule has 0 saturated heterocycles.